The van der Waals surface area contributed by atoms with E-state index in [1.807, 2.05) is 0 Å². The van der Waals surface area contributed by atoms with Crippen molar-refractivity contribution in [1.82, 2.24) is 0 Å². The minimum atomic E-state index is -0.924. The molecule has 16 heavy (non-hydrogen) atoms. The van der Waals surface area contributed by atoms with Crippen molar-refractivity contribution < 1.29 is 18.7 Å². The summed E-state index contributed by atoms with van der Waals surface area (Å²) in [5, 5.41) is 9.55. The lowest BCUT2D eigenvalue weighted by Crippen LogP contribution is -2.13. The Hall–Kier alpha value is -1.84. The Bertz CT molecular complexity index is 530. The molecule has 0 aliphatic carbocycles. The first-order chi connectivity index (χ1) is 7.58. The van der Waals surface area contributed by atoms with Gasteiger partial charge in [-0.1, -0.05) is 6.92 Å². The average Bonchev–Trinajstić information content (AvgIpc) is 2.65. The molecule has 0 spiro atoms. The van der Waals surface area contributed by atoms with Gasteiger partial charge in [0.05, 0.1) is 12.2 Å². The number of hydrogen-bond acceptors (Lipinski definition) is 2. The van der Waals surface area contributed by atoms with E-state index in [-0.39, 0.29) is 6.42 Å². The van der Waals surface area contributed by atoms with Crippen LogP contribution in [-0.2, 0) is 11.2 Å². The third-order valence-corrected chi connectivity index (χ3v) is 2.57. The number of furan rings is 1. The zero-order valence-corrected chi connectivity index (χ0v) is 8.74. The highest BCUT2D eigenvalue weighted by atomic mass is 19.1. The lowest BCUT2D eigenvalue weighted by molar-refractivity contribution is -0.141. The molecule has 1 N–H and O–H groups in total. The maximum atomic E-state index is 13.6. The zero-order valence-electron chi connectivity index (χ0n) is 8.74. The predicted molar refractivity (Wildman–Crippen MR) is 56.7 cm³/mol. The van der Waals surface area contributed by atoms with Gasteiger partial charge in [0.1, 0.15) is 11.4 Å². The number of fused-ring (bicyclic) bond motifs is 1. The third kappa shape index (κ3) is 1.91. The van der Waals surface area contributed by atoms with Crippen molar-refractivity contribution >= 4 is 16.9 Å². The van der Waals surface area contributed by atoms with Gasteiger partial charge in [-0.25, -0.2) is 4.39 Å². The quantitative estimate of drug-likeness (QED) is 0.868. The lowest BCUT2D eigenvalue weighted by Gasteiger charge is -2.07. The van der Waals surface area contributed by atoms with Crippen molar-refractivity contribution in [2.24, 2.45) is 5.92 Å². The van der Waals surface area contributed by atoms with E-state index in [4.69, 9.17) is 9.52 Å². The molecule has 1 unspecified atom stereocenters. The Morgan fingerprint density at radius 2 is 2.31 bits per heavy atom. The molecule has 1 heterocycles. The summed E-state index contributed by atoms with van der Waals surface area (Å²) < 4.78 is 18.6. The van der Waals surface area contributed by atoms with Crippen molar-refractivity contribution in [3.05, 3.63) is 35.8 Å². The van der Waals surface area contributed by atoms with E-state index < -0.39 is 17.7 Å². The third-order valence-electron chi connectivity index (χ3n) is 2.57. The summed E-state index contributed by atoms with van der Waals surface area (Å²) in [6, 6.07) is 4.65. The summed E-state index contributed by atoms with van der Waals surface area (Å²) in [6.07, 6.45) is 1.66. The molecule has 2 rings (SSSR count). The molecular weight excluding hydrogens is 211 g/mol. The maximum Gasteiger partial charge on any atom is 0.306 e. The van der Waals surface area contributed by atoms with Crippen LogP contribution in [0.4, 0.5) is 4.39 Å². The number of carboxylic acids is 1. The molecule has 0 saturated carbocycles. The molecule has 4 heteroatoms. The van der Waals surface area contributed by atoms with E-state index in [0.29, 0.717) is 11.1 Å². The summed E-state index contributed by atoms with van der Waals surface area (Å²) >= 11 is 0. The number of carboxylic acid groups (broad SMARTS) is 1. The molecule has 0 aliphatic rings. The van der Waals surface area contributed by atoms with Gasteiger partial charge >= 0.3 is 5.97 Å². The lowest BCUT2D eigenvalue weighted by atomic mass is 10.00. The Balaban J connectivity index is 2.36. The number of rotatable bonds is 3. The van der Waals surface area contributed by atoms with Crippen molar-refractivity contribution in [2.45, 2.75) is 13.3 Å². The molecule has 0 fully saturated rings. The van der Waals surface area contributed by atoms with E-state index in [2.05, 4.69) is 0 Å². The van der Waals surface area contributed by atoms with E-state index in [1.54, 1.807) is 19.1 Å². The second-order valence-electron chi connectivity index (χ2n) is 3.85. The smallest absolute Gasteiger partial charge is 0.306 e. The highest BCUT2D eigenvalue weighted by Crippen LogP contribution is 2.22. The predicted octanol–water partition coefficient (Wildman–Crippen LogP) is 2.84. The minimum absolute atomic E-state index is 0.183. The van der Waals surface area contributed by atoms with Crippen LogP contribution >= 0.6 is 0 Å². The van der Waals surface area contributed by atoms with Gasteiger partial charge in [0.15, 0.2) is 0 Å². The molecule has 1 aromatic carbocycles. The van der Waals surface area contributed by atoms with E-state index in [1.165, 1.54) is 12.3 Å². The summed E-state index contributed by atoms with van der Waals surface area (Å²) in [6.45, 7) is 1.56. The number of carbonyl (C=O) groups is 1. The van der Waals surface area contributed by atoms with Crippen LogP contribution in [0.3, 0.4) is 0 Å². The van der Waals surface area contributed by atoms with Gasteiger partial charge < -0.3 is 9.52 Å². The van der Waals surface area contributed by atoms with Gasteiger partial charge in [-0.15, -0.1) is 0 Å². The normalized spacial score (nSPS) is 12.9. The van der Waals surface area contributed by atoms with Gasteiger partial charge in [-0.05, 0) is 24.1 Å². The number of aliphatic carboxylic acids is 1. The second kappa shape index (κ2) is 3.96. The van der Waals surface area contributed by atoms with Crippen LogP contribution in [0.5, 0.6) is 0 Å². The second-order valence-corrected chi connectivity index (χ2v) is 3.85. The van der Waals surface area contributed by atoms with Crippen molar-refractivity contribution in [3.63, 3.8) is 0 Å². The highest BCUT2D eigenvalue weighted by Gasteiger charge is 2.15. The molecule has 0 aliphatic heterocycles. The van der Waals surface area contributed by atoms with Crippen LogP contribution in [0.1, 0.15) is 12.5 Å². The summed E-state index contributed by atoms with van der Waals surface area (Å²) in [7, 11) is 0. The summed E-state index contributed by atoms with van der Waals surface area (Å²) in [4.78, 5) is 10.7. The largest absolute Gasteiger partial charge is 0.481 e. The number of halogens is 1. The Kier molecular flexibility index (Phi) is 2.64. The van der Waals surface area contributed by atoms with Crippen LogP contribution in [-0.4, -0.2) is 11.1 Å². The van der Waals surface area contributed by atoms with E-state index in [9.17, 15) is 9.18 Å². The zero-order chi connectivity index (χ0) is 11.7. The van der Waals surface area contributed by atoms with Gasteiger partial charge in [0, 0.05) is 11.5 Å². The molecule has 0 bridgehead atoms. The fourth-order valence-electron chi connectivity index (χ4n) is 1.61. The monoisotopic (exact) mass is 222 g/mol. The van der Waals surface area contributed by atoms with E-state index >= 15 is 0 Å². The first-order valence-corrected chi connectivity index (χ1v) is 4.96. The Morgan fingerprint density at radius 3 is 3.00 bits per heavy atom. The highest BCUT2D eigenvalue weighted by molar-refractivity contribution is 5.78. The average molecular weight is 222 g/mol. The molecular formula is C12H11FO3. The fourth-order valence-corrected chi connectivity index (χ4v) is 1.61. The summed E-state index contributed by atoms with van der Waals surface area (Å²) in [5.41, 5.74) is 0.882. The van der Waals surface area contributed by atoms with E-state index in [0.717, 1.165) is 5.39 Å². The van der Waals surface area contributed by atoms with Crippen LogP contribution in [0.15, 0.2) is 28.9 Å². The minimum Gasteiger partial charge on any atom is -0.481 e. The standard InChI is InChI=1S/C12H11FO3/c1-7(12(14)15)4-9-5-8-2-3-16-11(8)6-10(9)13/h2-3,5-7H,4H2,1H3,(H,14,15). The molecule has 84 valence electrons. The van der Waals surface area contributed by atoms with Gasteiger partial charge in [-0.2, -0.15) is 0 Å². The topological polar surface area (TPSA) is 50.4 Å². The van der Waals surface area contributed by atoms with Gasteiger partial charge in [-0.3, -0.25) is 4.79 Å². The molecule has 1 aromatic heterocycles. The van der Waals surface area contributed by atoms with Crippen molar-refractivity contribution in [2.75, 3.05) is 0 Å². The molecule has 1 atom stereocenters. The first kappa shape index (κ1) is 10.7. The number of hydrogen-bond donors (Lipinski definition) is 1. The molecule has 0 saturated heterocycles. The maximum absolute atomic E-state index is 13.6. The summed E-state index contributed by atoms with van der Waals surface area (Å²) in [5.74, 6) is -1.94. The number of benzene rings is 1. The SMILES string of the molecule is CC(Cc1cc2ccoc2cc1F)C(=O)O. The van der Waals surface area contributed by atoms with Crippen molar-refractivity contribution in [3.8, 4) is 0 Å². The van der Waals surface area contributed by atoms with Crippen LogP contribution < -0.4 is 0 Å². The first-order valence-electron chi connectivity index (χ1n) is 4.96. The van der Waals surface area contributed by atoms with Crippen LogP contribution in [0, 0.1) is 11.7 Å². The molecule has 0 radical (unpaired) electrons. The van der Waals surface area contributed by atoms with Crippen molar-refractivity contribution in [1.29, 1.82) is 0 Å². The fraction of sp³-hybridized carbons (Fsp3) is 0.250. The molecule has 2 aromatic rings. The van der Waals surface area contributed by atoms with Crippen LogP contribution in [0.25, 0.3) is 11.0 Å². The molecule has 0 amide bonds. The van der Waals surface area contributed by atoms with Crippen LogP contribution in [0.2, 0.25) is 0 Å². The van der Waals surface area contributed by atoms with Gasteiger partial charge in [0.25, 0.3) is 0 Å². The molecule has 3 nitrogen and oxygen atoms in total. The Labute approximate surface area is 91.5 Å². The Morgan fingerprint density at radius 1 is 1.56 bits per heavy atom. The van der Waals surface area contributed by atoms with Gasteiger partial charge in [0.2, 0.25) is 0 Å².